The van der Waals surface area contributed by atoms with Crippen molar-refractivity contribution in [3.8, 4) is 0 Å². The van der Waals surface area contributed by atoms with Crippen LogP contribution in [0.5, 0.6) is 0 Å². The molecule has 0 aliphatic carbocycles. The summed E-state index contributed by atoms with van der Waals surface area (Å²) in [5, 5.41) is 3.33. The van der Waals surface area contributed by atoms with Crippen LogP contribution in [-0.4, -0.2) is 61.0 Å². The molecule has 0 radical (unpaired) electrons. The van der Waals surface area contributed by atoms with E-state index >= 15 is 0 Å². The molecule has 1 amide bonds. The fraction of sp³-hybridized carbons (Fsp3) is 0.533. The largest absolute Gasteiger partial charge is 0.335 e. The van der Waals surface area contributed by atoms with Gasteiger partial charge in [-0.3, -0.25) is 9.69 Å². The molecule has 0 aromatic heterocycles. The number of aryl methyl sites for hydroxylation is 1. The highest BCUT2D eigenvalue weighted by Gasteiger charge is 2.35. The van der Waals surface area contributed by atoms with Crippen molar-refractivity contribution in [2.75, 3.05) is 39.3 Å². The Hall–Kier alpha value is -1.46. The van der Waals surface area contributed by atoms with Gasteiger partial charge in [-0.15, -0.1) is 0 Å². The molecule has 1 N–H and O–H groups in total. The van der Waals surface area contributed by atoms with Gasteiger partial charge in [-0.05, 0) is 24.6 Å². The average molecular weight is 277 g/mol. The quantitative estimate of drug-likeness (QED) is 0.871. The van der Waals surface area contributed by atoms with Crippen LogP contribution in [0.2, 0.25) is 0 Å². The van der Waals surface area contributed by atoms with Crippen LogP contribution in [0.25, 0.3) is 0 Å². The lowest BCUT2D eigenvalue weighted by molar-refractivity contribution is 0.0226. The highest BCUT2D eigenvalue weighted by Crippen LogP contribution is 2.20. The topological polar surface area (TPSA) is 35.6 Å². The van der Waals surface area contributed by atoms with Gasteiger partial charge in [0.05, 0.1) is 0 Å². The molecule has 2 saturated heterocycles. The van der Waals surface area contributed by atoms with Crippen molar-refractivity contribution < 1.29 is 9.18 Å². The van der Waals surface area contributed by atoms with E-state index in [4.69, 9.17) is 0 Å². The number of halogens is 1. The molecule has 1 aromatic carbocycles. The number of carbonyl (C=O) groups excluding carboxylic acids is 1. The Labute approximate surface area is 118 Å². The Balaban J connectivity index is 1.61. The van der Waals surface area contributed by atoms with Crippen molar-refractivity contribution in [2.45, 2.75) is 13.0 Å². The molecule has 0 unspecified atom stereocenters. The molecule has 1 aromatic rings. The normalized spacial score (nSPS) is 20.8. The van der Waals surface area contributed by atoms with E-state index in [0.29, 0.717) is 11.6 Å². The zero-order chi connectivity index (χ0) is 14.1. The fourth-order valence-corrected chi connectivity index (χ4v) is 2.89. The lowest BCUT2D eigenvalue weighted by atomic mass is 10.0. The number of piperazine rings is 1. The third kappa shape index (κ3) is 2.55. The van der Waals surface area contributed by atoms with Gasteiger partial charge in [0, 0.05) is 50.9 Å². The van der Waals surface area contributed by atoms with Gasteiger partial charge in [0.2, 0.25) is 0 Å². The minimum atomic E-state index is -0.349. The number of carbonyl (C=O) groups is 1. The van der Waals surface area contributed by atoms with E-state index in [1.54, 1.807) is 6.07 Å². The molecular formula is C15H20FN3O. The fourth-order valence-electron chi connectivity index (χ4n) is 2.89. The summed E-state index contributed by atoms with van der Waals surface area (Å²) in [7, 11) is 0. The molecule has 4 nitrogen and oxygen atoms in total. The van der Waals surface area contributed by atoms with Crippen LogP contribution in [0.1, 0.15) is 15.9 Å². The van der Waals surface area contributed by atoms with Gasteiger partial charge in [-0.1, -0.05) is 6.07 Å². The number of nitrogens with one attached hydrogen (secondary N) is 1. The Morgan fingerprint density at radius 3 is 2.70 bits per heavy atom. The van der Waals surface area contributed by atoms with Gasteiger partial charge in [0.25, 0.3) is 5.91 Å². The van der Waals surface area contributed by atoms with Crippen molar-refractivity contribution in [3.05, 3.63) is 35.1 Å². The Morgan fingerprint density at radius 1 is 1.30 bits per heavy atom. The highest BCUT2D eigenvalue weighted by molar-refractivity contribution is 5.96. The Morgan fingerprint density at radius 2 is 2.00 bits per heavy atom. The van der Waals surface area contributed by atoms with Gasteiger partial charge in [-0.2, -0.15) is 0 Å². The van der Waals surface area contributed by atoms with E-state index in [9.17, 15) is 9.18 Å². The average Bonchev–Trinajstić information content (AvgIpc) is 2.41. The zero-order valence-electron chi connectivity index (χ0n) is 11.7. The third-order valence-electron chi connectivity index (χ3n) is 4.25. The van der Waals surface area contributed by atoms with E-state index in [1.165, 1.54) is 12.1 Å². The number of benzene rings is 1. The van der Waals surface area contributed by atoms with Crippen molar-refractivity contribution >= 4 is 5.91 Å². The second-order valence-corrected chi connectivity index (χ2v) is 5.61. The van der Waals surface area contributed by atoms with E-state index in [2.05, 4.69) is 10.2 Å². The molecule has 108 valence electrons. The molecule has 5 heteroatoms. The van der Waals surface area contributed by atoms with Crippen LogP contribution >= 0.6 is 0 Å². The lowest BCUT2D eigenvalue weighted by Crippen LogP contribution is -2.63. The van der Waals surface area contributed by atoms with Gasteiger partial charge in [0.1, 0.15) is 5.82 Å². The number of hydrogen-bond acceptors (Lipinski definition) is 3. The van der Waals surface area contributed by atoms with Crippen molar-refractivity contribution in [1.29, 1.82) is 0 Å². The van der Waals surface area contributed by atoms with Crippen molar-refractivity contribution in [2.24, 2.45) is 0 Å². The molecule has 2 aliphatic rings. The molecule has 3 rings (SSSR count). The SMILES string of the molecule is Cc1ccc(F)cc1C(=O)N1CC(N2CCNCC2)C1. The van der Waals surface area contributed by atoms with E-state index in [0.717, 1.165) is 44.8 Å². The predicted octanol–water partition coefficient (Wildman–Crippen LogP) is 0.864. The number of rotatable bonds is 2. The van der Waals surface area contributed by atoms with Crippen LogP contribution in [0.3, 0.4) is 0 Å². The zero-order valence-corrected chi connectivity index (χ0v) is 11.7. The van der Waals surface area contributed by atoms with E-state index < -0.39 is 0 Å². The summed E-state index contributed by atoms with van der Waals surface area (Å²) in [5.74, 6) is -0.397. The third-order valence-corrected chi connectivity index (χ3v) is 4.25. The van der Waals surface area contributed by atoms with Gasteiger partial charge in [0.15, 0.2) is 0 Å². The van der Waals surface area contributed by atoms with E-state index in [-0.39, 0.29) is 11.7 Å². The predicted molar refractivity (Wildman–Crippen MR) is 75.3 cm³/mol. The van der Waals surface area contributed by atoms with Gasteiger partial charge >= 0.3 is 0 Å². The summed E-state index contributed by atoms with van der Waals surface area (Å²) in [6.07, 6.45) is 0. The molecule has 20 heavy (non-hydrogen) atoms. The molecule has 0 saturated carbocycles. The first-order valence-electron chi connectivity index (χ1n) is 7.15. The molecule has 2 heterocycles. The first kappa shape index (κ1) is 13.5. The first-order chi connectivity index (χ1) is 9.65. The van der Waals surface area contributed by atoms with Crippen molar-refractivity contribution in [3.63, 3.8) is 0 Å². The number of hydrogen-bond donors (Lipinski definition) is 1. The smallest absolute Gasteiger partial charge is 0.254 e. The number of likely N-dealkylation sites (tertiary alicyclic amines) is 1. The monoisotopic (exact) mass is 277 g/mol. The second-order valence-electron chi connectivity index (χ2n) is 5.61. The van der Waals surface area contributed by atoms with Gasteiger partial charge in [-0.25, -0.2) is 4.39 Å². The summed E-state index contributed by atoms with van der Waals surface area (Å²) in [6.45, 7) is 7.50. The molecule has 0 bridgehead atoms. The molecule has 0 atom stereocenters. The molecule has 2 fully saturated rings. The first-order valence-corrected chi connectivity index (χ1v) is 7.15. The van der Waals surface area contributed by atoms with Crippen LogP contribution in [0.15, 0.2) is 18.2 Å². The summed E-state index contributed by atoms with van der Waals surface area (Å²) < 4.78 is 13.3. The van der Waals surface area contributed by atoms with Gasteiger partial charge < -0.3 is 10.2 Å². The summed E-state index contributed by atoms with van der Waals surface area (Å²) in [4.78, 5) is 16.6. The van der Waals surface area contributed by atoms with Crippen LogP contribution in [-0.2, 0) is 0 Å². The summed E-state index contributed by atoms with van der Waals surface area (Å²) >= 11 is 0. The standard InChI is InChI=1S/C15H20FN3O/c1-11-2-3-12(16)8-14(11)15(20)19-9-13(10-19)18-6-4-17-5-7-18/h2-3,8,13,17H,4-7,9-10H2,1H3. The summed E-state index contributed by atoms with van der Waals surface area (Å²) in [6, 6.07) is 4.87. The van der Waals surface area contributed by atoms with Crippen LogP contribution < -0.4 is 5.32 Å². The van der Waals surface area contributed by atoms with E-state index in [1.807, 2.05) is 11.8 Å². The molecule has 0 spiro atoms. The minimum Gasteiger partial charge on any atom is -0.335 e. The number of amides is 1. The van der Waals surface area contributed by atoms with Crippen LogP contribution in [0.4, 0.5) is 4.39 Å². The minimum absolute atomic E-state index is 0.0478. The van der Waals surface area contributed by atoms with Crippen molar-refractivity contribution in [1.82, 2.24) is 15.1 Å². The number of nitrogens with zero attached hydrogens (tertiary/aromatic N) is 2. The maximum Gasteiger partial charge on any atom is 0.254 e. The van der Waals surface area contributed by atoms with Crippen LogP contribution in [0, 0.1) is 12.7 Å². The maximum absolute atomic E-state index is 13.3. The Kier molecular flexibility index (Phi) is 3.72. The second kappa shape index (κ2) is 5.50. The highest BCUT2D eigenvalue weighted by atomic mass is 19.1. The molecule has 2 aliphatic heterocycles. The summed E-state index contributed by atoms with van der Waals surface area (Å²) in [5.41, 5.74) is 1.32. The molecular weight excluding hydrogens is 257 g/mol. The lowest BCUT2D eigenvalue weighted by Gasteiger charge is -2.46. The Bertz CT molecular complexity index is 508. The maximum atomic E-state index is 13.3.